The SMILES string of the molecule is CCCNC(CCC(C)C)Cc1nnn(C)n1. The molecule has 98 valence electrons. The fraction of sp³-hybridized carbons (Fsp3) is 0.917. The van der Waals surface area contributed by atoms with E-state index in [0.29, 0.717) is 6.04 Å². The zero-order valence-electron chi connectivity index (χ0n) is 11.5. The molecule has 0 fully saturated rings. The van der Waals surface area contributed by atoms with Crippen molar-refractivity contribution in [3.05, 3.63) is 5.82 Å². The molecule has 1 rings (SSSR count). The van der Waals surface area contributed by atoms with Gasteiger partial charge in [-0.2, -0.15) is 4.80 Å². The van der Waals surface area contributed by atoms with Crippen molar-refractivity contribution >= 4 is 0 Å². The molecule has 0 aliphatic heterocycles. The zero-order valence-corrected chi connectivity index (χ0v) is 11.5. The molecule has 0 amide bonds. The quantitative estimate of drug-likeness (QED) is 0.748. The van der Waals surface area contributed by atoms with E-state index in [1.807, 2.05) is 0 Å². The molecule has 17 heavy (non-hydrogen) atoms. The minimum atomic E-state index is 0.474. The molecule has 0 radical (unpaired) electrons. The smallest absolute Gasteiger partial charge is 0.176 e. The monoisotopic (exact) mass is 239 g/mol. The van der Waals surface area contributed by atoms with Crippen LogP contribution in [0.3, 0.4) is 0 Å². The van der Waals surface area contributed by atoms with E-state index in [1.165, 1.54) is 17.6 Å². The van der Waals surface area contributed by atoms with Crippen molar-refractivity contribution < 1.29 is 0 Å². The third-order valence-corrected chi connectivity index (χ3v) is 2.75. The predicted octanol–water partition coefficient (Wildman–Crippen LogP) is 1.56. The molecule has 5 heteroatoms. The summed E-state index contributed by atoms with van der Waals surface area (Å²) in [7, 11) is 1.80. The molecule has 1 aromatic rings. The third kappa shape index (κ3) is 5.77. The van der Waals surface area contributed by atoms with Crippen molar-refractivity contribution in [1.29, 1.82) is 0 Å². The topological polar surface area (TPSA) is 55.6 Å². The van der Waals surface area contributed by atoms with Gasteiger partial charge in [-0.3, -0.25) is 0 Å². The molecule has 0 saturated heterocycles. The highest BCUT2D eigenvalue weighted by molar-refractivity contribution is 4.84. The molecule has 1 N–H and O–H groups in total. The largest absolute Gasteiger partial charge is 0.314 e. The maximum atomic E-state index is 4.24. The normalized spacial score (nSPS) is 13.2. The third-order valence-electron chi connectivity index (χ3n) is 2.75. The molecular formula is C12H25N5. The molecule has 0 aliphatic carbocycles. The van der Waals surface area contributed by atoms with E-state index >= 15 is 0 Å². The number of hydrogen-bond acceptors (Lipinski definition) is 4. The molecule has 1 heterocycles. The van der Waals surface area contributed by atoms with Crippen LogP contribution in [-0.4, -0.2) is 32.8 Å². The van der Waals surface area contributed by atoms with Gasteiger partial charge in [0.25, 0.3) is 0 Å². The fourth-order valence-corrected chi connectivity index (χ4v) is 1.78. The van der Waals surface area contributed by atoms with E-state index in [2.05, 4.69) is 41.5 Å². The Morgan fingerprint density at radius 1 is 1.29 bits per heavy atom. The lowest BCUT2D eigenvalue weighted by molar-refractivity contribution is 0.421. The average Bonchev–Trinajstić information content (AvgIpc) is 2.68. The molecule has 0 spiro atoms. The standard InChI is InChI=1S/C12H25N5/c1-5-8-13-11(7-6-10(2)3)9-12-14-16-17(4)15-12/h10-11,13H,5-9H2,1-4H3. The Kier molecular flexibility index (Phi) is 6.11. The molecular weight excluding hydrogens is 214 g/mol. The van der Waals surface area contributed by atoms with Crippen LogP contribution in [-0.2, 0) is 13.5 Å². The van der Waals surface area contributed by atoms with Gasteiger partial charge in [-0.1, -0.05) is 20.8 Å². The second-order valence-corrected chi connectivity index (χ2v) is 5.02. The fourth-order valence-electron chi connectivity index (χ4n) is 1.78. The van der Waals surface area contributed by atoms with Gasteiger partial charge in [-0.05, 0) is 36.9 Å². The van der Waals surface area contributed by atoms with Gasteiger partial charge in [-0.15, -0.1) is 10.2 Å². The van der Waals surface area contributed by atoms with Gasteiger partial charge in [0, 0.05) is 12.5 Å². The maximum Gasteiger partial charge on any atom is 0.176 e. The van der Waals surface area contributed by atoms with Gasteiger partial charge in [0.2, 0.25) is 0 Å². The summed E-state index contributed by atoms with van der Waals surface area (Å²) in [6, 6.07) is 0.474. The summed E-state index contributed by atoms with van der Waals surface area (Å²) in [6.45, 7) is 7.77. The van der Waals surface area contributed by atoms with Crippen LogP contribution in [0.15, 0.2) is 0 Å². The Labute approximate surface area is 104 Å². The van der Waals surface area contributed by atoms with Crippen molar-refractivity contribution in [1.82, 2.24) is 25.5 Å². The van der Waals surface area contributed by atoms with Crippen molar-refractivity contribution in [2.24, 2.45) is 13.0 Å². The number of hydrogen-bond donors (Lipinski definition) is 1. The lowest BCUT2D eigenvalue weighted by Gasteiger charge is -2.17. The highest BCUT2D eigenvalue weighted by Crippen LogP contribution is 2.09. The van der Waals surface area contributed by atoms with Gasteiger partial charge >= 0.3 is 0 Å². The minimum absolute atomic E-state index is 0.474. The number of tetrazole rings is 1. The van der Waals surface area contributed by atoms with Crippen molar-refractivity contribution in [2.45, 2.75) is 52.5 Å². The van der Waals surface area contributed by atoms with E-state index in [-0.39, 0.29) is 0 Å². The number of aryl methyl sites for hydroxylation is 1. The van der Waals surface area contributed by atoms with Gasteiger partial charge in [-0.25, -0.2) is 0 Å². The van der Waals surface area contributed by atoms with E-state index in [0.717, 1.165) is 31.1 Å². The molecule has 1 aromatic heterocycles. The van der Waals surface area contributed by atoms with Crippen LogP contribution in [0.4, 0.5) is 0 Å². The van der Waals surface area contributed by atoms with Crippen LogP contribution in [0, 0.1) is 5.92 Å². The van der Waals surface area contributed by atoms with Crippen LogP contribution in [0.5, 0.6) is 0 Å². The molecule has 0 bridgehead atoms. The number of rotatable bonds is 8. The summed E-state index contributed by atoms with van der Waals surface area (Å²) >= 11 is 0. The summed E-state index contributed by atoms with van der Waals surface area (Å²) in [6.07, 6.45) is 4.45. The van der Waals surface area contributed by atoms with Crippen molar-refractivity contribution in [2.75, 3.05) is 6.54 Å². The molecule has 5 nitrogen and oxygen atoms in total. The lowest BCUT2D eigenvalue weighted by atomic mass is 10.0. The Balaban J connectivity index is 2.44. The lowest BCUT2D eigenvalue weighted by Crippen LogP contribution is -2.32. The van der Waals surface area contributed by atoms with Gasteiger partial charge in [0.15, 0.2) is 5.82 Å². The summed E-state index contributed by atoms with van der Waals surface area (Å²) in [4.78, 5) is 1.52. The predicted molar refractivity (Wildman–Crippen MR) is 68.7 cm³/mol. The van der Waals surface area contributed by atoms with Crippen LogP contribution >= 0.6 is 0 Å². The second-order valence-electron chi connectivity index (χ2n) is 5.02. The van der Waals surface area contributed by atoms with E-state index in [4.69, 9.17) is 0 Å². The Morgan fingerprint density at radius 3 is 2.59 bits per heavy atom. The summed E-state index contributed by atoms with van der Waals surface area (Å²) < 4.78 is 0. The van der Waals surface area contributed by atoms with Crippen molar-refractivity contribution in [3.63, 3.8) is 0 Å². The number of aromatic nitrogens is 4. The minimum Gasteiger partial charge on any atom is -0.314 e. The Hall–Kier alpha value is -0.970. The average molecular weight is 239 g/mol. The van der Waals surface area contributed by atoms with E-state index in [1.54, 1.807) is 7.05 Å². The van der Waals surface area contributed by atoms with Crippen LogP contribution < -0.4 is 5.32 Å². The first-order chi connectivity index (χ1) is 8.11. The first-order valence-corrected chi connectivity index (χ1v) is 6.58. The van der Waals surface area contributed by atoms with Crippen molar-refractivity contribution in [3.8, 4) is 0 Å². The van der Waals surface area contributed by atoms with Crippen LogP contribution in [0.25, 0.3) is 0 Å². The number of nitrogens with zero attached hydrogens (tertiary/aromatic N) is 4. The molecule has 0 aromatic carbocycles. The second kappa shape index (κ2) is 7.37. The summed E-state index contributed by atoms with van der Waals surface area (Å²) in [5.41, 5.74) is 0. The summed E-state index contributed by atoms with van der Waals surface area (Å²) in [5, 5.41) is 15.7. The molecule has 0 saturated carbocycles. The Morgan fingerprint density at radius 2 is 2.06 bits per heavy atom. The molecule has 0 aliphatic rings. The van der Waals surface area contributed by atoms with Gasteiger partial charge < -0.3 is 5.32 Å². The first-order valence-electron chi connectivity index (χ1n) is 6.58. The van der Waals surface area contributed by atoms with E-state index in [9.17, 15) is 0 Å². The van der Waals surface area contributed by atoms with E-state index < -0.39 is 0 Å². The Bertz CT molecular complexity index is 308. The molecule has 1 atom stereocenters. The summed E-state index contributed by atoms with van der Waals surface area (Å²) in [5.74, 6) is 1.58. The maximum absolute atomic E-state index is 4.24. The zero-order chi connectivity index (χ0) is 12.7. The number of nitrogens with one attached hydrogen (secondary N) is 1. The highest BCUT2D eigenvalue weighted by atomic mass is 15.6. The highest BCUT2D eigenvalue weighted by Gasteiger charge is 2.12. The molecule has 1 unspecified atom stereocenters. The first kappa shape index (κ1) is 14.1. The van der Waals surface area contributed by atoms with Gasteiger partial charge in [0.1, 0.15) is 0 Å². The van der Waals surface area contributed by atoms with Crippen LogP contribution in [0.1, 0.15) is 45.9 Å². The van der Waals surface area contributed by atoms with Gasteiger partial charge in [0.05, 0.1) is 7.05 Å². The van der Waals surface area contributed by atoms with Crippen LogP contribution in [0.2, 0.25) is 0 Å².